The number of halogens is 1. The summed E-state index contributed by atoms with van der Waals surface area (Å²) in [6.45, 7) is 0.285. The summed E-state index contributed by atoms with van der Waals surface area (Å²) in [6.07, 6.45) is 1.63. The first-order valence-electron chi connectivity index (χ1n) is 7.60. The number of ether oxygens (including phenoxy) is 1. The first-order valence-corrected chi connectivity index (χ1v) is 7.98. The third kappa shape index (κ3) is 4.71. The van der Waals surface area contributed by atoms with Crippen LogP contribution in [0.1, 0.15) is 11.1 Å². The topological polar surface area (TPSA) is 69.7 Å². The van der Waals surface area contributed by atoms with Crippen LogP contribution >= 0.6 is 11.6 Å². The maximum absolute atomic E-state index is 6.02. The summed E-state index contributed by atoms with van der Waals surface area (Å²) in [5, 5.41) is 4.63. The smallest absolute Gasteiger partial charge is 0.230 e. The fourth-order valence-corrected chi connectivity index (χ4v) is 2.20. The number of aromatic nitrogens is 1. The second-order valence-corrected chi connectivity index (χ2v) is 5.58. The average molecular weight is 354 g/mol. The summed E-state index contributed by atoms with van der Waals surface area (Å²) >= 11 is 5.85. The van der Waals surface area contributed by atoms with Crippen molar-refractivity contribution in [3.05, 3.63) is 89.1 Å². The van der Waals surface area contributed by atoms with Crippen molar-refractivity contribution in [1.29, 1.82) is 0 Å². The Balaban J connectivity index is 1.70. The summed E-state index contributed by atoms with van der Waals surface area (Å²) in [5.41, 5.74) is 7.52. The van der Waals surface area contributed by atoms with E-state index in [0.717, 1.165) is 5.56 Å². The van der Waals surface area contributed by atoms with Gasteiger partial charge >= 0.3 is 0 Å². The van der Waals surface area contributed by atoms with E-state index in [1.165, 1.54) is 0 Å². The van der Waals surface area contributed by atoms with E-state index in [4.69, 9.17) is 26.9 Å². The van der Waals surface area contributed by atoms with Gasteiger partial charge in [-0.1, -0.05) is 47.1 Å². The van der Waals surface area contributed by atoms with Crippen LogP contribution in [0.15, 0.2) is 78.1 Å². The molecule has 5 nitrogen and oxygen atoms in total. The zero-order valence-electron chi connectivity index (χ0n) is 13.3. The van der Waals surface area contributed by atoms with E-state index < -0.39 is 0 Å². The molecular weight excluding hydrogens is 338 g/mol. The van der Waals surface area contributed by atoms with Gasteiger partial charge in [-0.05, 0) is 42.0 Å². The molecule has 6 heteroatoms. The van der Waals surface area contributed by atoms with Crippen molar-refractivity contribution >= 4 is 17.4 Å². The highest BCUT2D eigenvalue weighted by atomic mass is 35.5. The van der Waals surface area contributed by atoms with E-state index in [2.05, 4.69) is 10.1 Å². The van der Waals surface area contributed by atoms with Gasteiger partial charge in [-0.2, -0.15) is 0 Å². The highest BCUT2D eigenvalue weighted by molar-refractivity contribution is 6.30. The minimum absolute atomic E-state index is 0.188. The van der Waals surface area contributed by atoms with Gasteiger partial charge in [0, 0.05) is 11.2 Å². The van der Waals surface area contributed by atoms with Crippen molar-refractivity contribution in [3.63, 3.8) is 0 Å². The molecule has 0 fully saturated rings. The van der Waals surface area contributed by atoms with E-state index in [9.17, 15) is 0 Å². The number of nitrogens with zero attached hydrogens (tertiary/aromatic N) is 2. The van der Waals surface area contributed by atoms with E-state index in [1.807, 2.05) is 42.5 Å². The van der Waals surface area contributed by atoms with Crippen molar-refractivity contribution in [2.24, 2.45) is 10.9 Å². The molecule has 0 atom stereocenters. The average Bonchev–Trinajstić information content (AvgIpc) is 2.64. The molecule has 0 aliphatic heterocycles. The number of hydrogen-bond acceptors (Lipinski definition) is 4. The molecule has 126 valence electrons. The summed E-state index contributed by atoms with van der Waals surface area (Å²) in [6, 6.07) is 20.2. The quantitative estimate of drug-likeness (QED) is 0.406. The van der Waals surface area contributed by atoms with Crippen molar-refractivity contribution < 1.29 is 9.57 Å². The van der Waals surface area contributed by atoms with Gasteiger partial charge < -0.3 is 15.3 Å². The van der Waals surface area contributed by atoms with E-state index in [-0.39, 0.29) is 12.4 Å². The molecule has 3 aromatic rings. The highest BCUT2D eigenvalue weighted by Crippen LogP contribution is 2.22. The Hall–Kier alpha value is -3.05. The molecule has 2 N–H and O–H groups in total. The van der Waals surface area contributed by atoms with Crippen LogP contribution < -0.4 is 10.5 Å². The van der Waals surface area contributed by atoms with Gasteiger partial charge in [0.1, 0.15) is 12.4 Å². The van der Waals surface area contributed by atoms with Gasteiger partial charge in [0.05, 0.1) is 5.56 Å². The normalized spacial score (nSPS) is 11.2. The Kier molecular flexibility index (Phi) is 5.49. The minimum Gasteiger partial charge on any atom is -0.438 e. The third-order valence-corrected chi connectivity index (χ3v) is 3.56. The van der Waals surface area contributed by atoms with Gasteiger partial charge in [0.15, 0.2) is 5.84 Å². The first kappa shape index (κ1) is 16.8. The Morgan fingerprint density at radius 1 is 1.00 bits per heavy atom. The van der Waals surface area contributed by atoms with Crippen LogP contribution in [0.4, 0.5) is 0 Å². The number of para-hydroxylation sites is 1. The number of amidine groups is 1. The molecule has 0 aliphatic carbocycles. The number of nitrogens with two attached hydrogens (primary N) is 1. The van der Waals surface area contributed by atoms with Crippen molar-refractivity contribution in [2.75, 3.05) is 0 Å². The number of benzene rings is 2. The summed E-state index contributed by atoms with van der Waals surface area (Å²) in [4.78, 5) is 9.54. The molecule has 0 spiro atoms. The van der Waals surface area contributed by atoms with Crippen molar-refractivity contribution in [2.45, 2.75) is 6.61 Å². The molecule has 0 bridgehead atoms. The van der Waals surface area contributed by atoms with Gasteiger partial charge in [-0.15, -0.1) is 0 Å². The molecule has 0 radical (unpaired) electrons. The fraction of sp³-hybridized carbons (Fsp3) is 0.0526. The predicted molar refractivity (Wildman–Crippen MR) is 97.7 cm³/mol. The van der Waals surface area contributed by atoms with Crippen LogP contribution in [-0.2, 0) is 11.4 Å². The zero-order valence-corrected chi connectivity index (χ0v) is 14.1. The van der Waals surface area contributed by atoms with Crippen molar-refractivity contribution in [3.8, 4) is 11.6 Å². The van der Waals surface area contributed by atoms with Gasteiger partial charge in [-0.3, -0.25) is 0 Å². The molecule has 1 aromatic heterocycles. The molecule has 0 unspecified atom stereocenters. The Morgan fingerprint density at radius 2 is 1.76 bits per heavy atom. The molecule has 0 saturated carbocycles. The van der Waals surface area contributed by atoms with Crippen LogP contribution in [0, 0.1) is 0 Å². The van der Waals surface area contributed by atoms with Gasteiger partial charge in [0.2, 0.25) is 5.88 Å². The van der Waals surface area contributed by atoms with Crippen LogP contribution in [-0.4, -0.2) is 10.8 Å². The number of oxime groups is 1. The Morgan fingerprint density at radius 3 is 2.52 bits per heavy atom. The molecule has 25 heavy (non-hydrogen) atoms. The number of rotatable bonds is 6. The lowest BCUT2D eigenvalue weighted by Crippen LogP contribution is -2.15. The van der Waals surface area contributed by atoms with Crippen LogP contribution in [0.25, 0.3) is 0 Å². The predicted octanol–water partition coefficient (Wildman–Crippen LogP) is 4.36. The largest absolute Gasteiger partial charge is 0.438 e. The summed E-state index contributed by atoms with van der Waals surface area (Å²) in [5.74, 6) is 1.22. The second kappa shape index (κ2) is 8.17. The molecule has 1 heterocycles. The Bertz CT molecular complexity index is 852. The lowest BCUT2D eigenvalue weighted by Gasteiger charge is -2.09. The molecule has 3 rings (SSSR count). The first-order chi connectivity index (χ1) is 12.2. The summed E-state index contributed by atoms with van der Waals surface area (Å²) < 4.78 is 5.77. The minimum atomic E-state index is 0.188. The van der Waals surface area contributed by atoms with Crippen LogP contribution in [0.5, 0.6) is 11.6 Å². The molecule has 0 amide bonds. The molecule has 0 saturated heterocycles. The molecule has 0 aliphatic rings. The van der Waals surface area contributed by atoms with Crippen LogP contribution in [0.3, 0.4) is 0 Å². The summed E-state index contributed by atoms with van der Waals surface area (Å²) in [7, 11) is 0. The standard InChI is InChI=1S/C19H16ClN3O2/c20-15-10-8-14(9-11-15)13-24-23-18(21)17-7-4-12-22-19(17)25-16-5-2-1-3-6-16/h1-12H,13H2,(H2,21,23). The van der Waals surface area contributed by atoms with E-state index >= 15 is 0 Å². The third-order valence-electron chi connectivity index (χ3n) is 3.31. The van der Waals surface area contributed by atoms with E-state index in [1.54, 1.807) is 30.5 Å². The van der Waals surface area contributed by atoms with Crippen molar-refractivity contribution in [1.82, 2.24) is 4.98 Å². The second-order valence-electron chi connectivity index (χ2n) is 5.15. The highest BCUT2D eigenvalue weighted by Gasteiger charge is 2.10. The zero-order chi connectivity index (χ0) is 17.5. The van der Waals surface area contributed by atoms with Crippen LogP contribution in [0.2, 0.25) is 5.02 Å². The molecular formula is C19H16ClN3O2. The van der Waals surface area contributed by atoms with E-state index in [0.29, 0.717) is 22.2 Å². The van der Waals surface area contributed by atoms with Gasteiger partial charge in [-0.25, -0.2) is 4.98 Å². The van der Waals surface area contributed by atoms with Gasteiger partial charge in [0.25, 0.3) is 0 Å². The lowest BCUT2D eigenvalue weighted by atomic mass is 10.2. The fourth-order valence-electron chi connectivity index (χ4n) is 2.07. The number of hydrogen-bond donors (Lipinski definition) is 1. The Labute approximate surface area is 150 Å². The SMILES string of the molecule is N/C(=N/OCc1ccc(Cl)cc1)c1cccnc1Oc1ccccc1. The molecule has 2 aromatic carbocycles. The maximum Gasteiger partial charge on any atom is 0.230 e. The number of pyridine rings is 1. The monoisotopic (exact) mass is 353 g/mol. The lowest BCUT2D eigenvalue weighted by molar-refractivity contribution is 0.130. The maximum atomic E-state index is 6.02.